The summed E-state index contributed by atoms with van der Waals surface area (Å²) in [5.41, 5.74) is 3.01. The molecule has 0 amide bonds. The first-order valence-corrected chi connectivity index (χ1v) is 6.52. The molecule has 0 bridgehead atoms. The van der Waals surface area contributed by atoms with Gasteiger partial charge in [-0.2, -0.15) is 0 Å². The molecule has 1 atom stereocenters. The van der Waals surface area contributed by atoms with Crippen molar-refractivity contribution < 1.29 is 0 Å². The summed E-state index contributed by atoms with van der Waals surface area (Å²) in [5.74, 6) is 1.01. The molecular weight excluding hydrogens is 234 g/mol. The van der Waals surface area contributed by atoms with Crippen molar-refractivity contribution in [1.29, 1.82) is 0 Å². The van der Waals surface area contributed by atoms with Crippen molar-refractivity contribution in [2.45, 2.75) is 26.3 Å². The van der Waals surface area contributed by atoms with E-state index in [4.69, 9.17) is 0 Å². The largest absolute Gasteiger partial charge is 0.321 e. The Labute approximate surface area is 105 Å². The average molecular weight is 251 g/mol. The second-order valence-corrected chi connectivity index (χ2v) is 4.97. The van der Waals surface area contributed by atoms with Crippen LogP contribution in [-0.2, 0) is 13.5 Å². The number of nitrogens with one attached hydrogen (secondary N) is 1. The molecule has 2 aromatic heterocycles. The van der Waals surface area contributed by atoms with Crippen LogP contribution in [0.1, 0.15) is 29.4 Å². The van der Waals surface area contributed by atoms with Crippen LogP contribution in [0.15, 0.2) is 11.8 Å². The Morgan fingerprint density at radius 1 is 1.53 bits per heavy atom. The standard InChI is InChI=1S/C11H17N5S/c1-8(11-9(2)13-7-17-11)12-5-4-10-15-14-6-16(10)3/h6-8,12H,4-5H2,1-3H3. The lowest BCUT2D eigenvalue weighted by Gasteiger charge is -2.12. The minimum atomic E-state index is 0.343. The van der Waals surface area contributed by atoms with Gasteiger partial charge in [-0.3, -0.25) is 0 Å². The first kappa shape index (κ1) is 12.2. The molecule has 0 aromatic carbocycles. The number of hydrogen-bond donors (Lipinski definition) is 1. The summed E-state index contributed by atoms with van der Waals surface area (Å²) in [7, 11) is 1.96. The van der Waals surface area contributed by atoms with E-state index in [-0.39, 0.29) is 0 Å². The molecule has 6 heteroatoms. The van der Waals surface area contributed by atoms with Crippen molar-refractivity contribution in [2.75, 3.05) is 6.54 Å². The van der Waals surface area contributed by atoms with Crippen molar-refractivity contribution >= 4 is 11.3 Å². The van der Waals surface area contributed by atoms with Gasteiger partial charge >= 0.3 is 0 Å². The maximum Gasteiger partial charge on any atom is 0.133 e. The van der Waals surface area contributed by atoms with Crippen LogP contribution in [0.25, 0.3) is 0 Å². The predicted octanol–water partition coefficient (Wildman–Crippen LogP) is 1.47. The number of nitrogens with zero attached hydrogens (tertiary/aromatic N) is 4. The third-order valence-corrected chi connectivity index (χ3v) is 3.89. The minimum Gasteiger partial charge on any atom is -0.321 e. The lowest BCUT2D eigenvalue weighted by atomic mass is 10.2. The second kappa shape index (κ2) is 5.37. The summed E-state index contributed by atoms with van der Waals surface area (Å²) in [6.45, 7) is 5.11. The van der Waals surface area contributed by atoms with Crippen LogP contribution in [0, 0.1) is 6.92 Å². The molecule has 0 fully saturated rings. The molecule has 0 aliphatic carbocycles. The van der Waals surface area contributed by atoms with E-state index in [1.165, 1.54) is 4.88 Å². The third kappa shape index (κ3) is 2.89. The molecule has 2 aromatic rings. The first-order valence-electron chi connectivity index (χ1n) is 5.64. The van der Waals surface area contributed by atoms with E-state index >= 15 is 0 Å². The van der Waals surface area contributed by atoms with Crippen LogP contribution in [0.5, 0.6) is 0 Å². The van der Waals surface area contributed by atoms with Crippen molar-refractivity contribution in [3.05, 3.63) is 28.2 Å². The summed E-state index contributed by atoms with van der Waals surface area (Å²) in [5, 5.41) is 11.4. The molecular formula is C11H17N5S. The zero-order chi connectivity index (χ0) is 12.3. The van der Waals surface area contributed by atoms with Crippen LogP contribution in [0.2, 0.25) is 0 Å². The van der Waals surface area contributed by atoms with Gasteiger partial charge in [0.05, 0.1) is 11.2 Å². The smallest absolute Gasteiger partial charge is 0.133 e. The van der Waals surface area contributed by atoms with E-state index in [1.54, 1.807) is 17.7 Å². The Morgan fingerprint density at radius 2 is 2.35 bits per heavy atom. The molecule has 1 N–H and O–H groups in total. The van der Waals surface area contributed by atoms with Gasteiger partial charge in [0.15, 0.2) is 0 Å². The van der Waals surface area contributed by atoms with Crippen LogP contribution >= 0.6 is 11.3 Å². The summed E-state index contributed by atoms with van der Waals surface area (Å²) >= 11 is 1.70. The molecule has 0 radical (unpaired) electrons. The fourth-order valence-electron chi connectivity index (χ4n) is 1.75. The molecule has 2 heterocycles. The normalized spacial score (nSPS) is 12.9. The van der Waals surface area contributed by atoms with Gasteiger partial charge in [-0.05, 0) is 13.8 Å². The quantitative estimate of drug-likeness (QED) is 0.874. The van der Waals surface area contributed by atoms with E-state index in [1.807, 2.05) is 24.0 Å². The van der Waals surface area contributed by atoms with Gasteiger partial charge in [-0.25, -0.2) is 4.98 Å². The maximum atomic E-state index is 4.26. The fourth-order valence-corrected chi connectivity index (χ4v) is 2.59. The zero-order valence-corrected chi connectivity index (χ0v) is 11.2. The average Bonchev–Trinajstić information content (AvgIpc) is 2.88. The SMILES string of the molecule is Cc1ncsc1C(C)NCCc1nncn1C. The van der Waals surface area contributed by atoms with Gasteiger partial charge in [-0.15, -0.1) is 21.5 Å². The summed E-state index contributed by atoms with van der Waals surface area (Å²) in [6.07, 6.45) is 2.62. The molecule has 5 nitrogen and oxygen atoms in total. The van der Waals surface area contributed by atoms with E-state index in [0.717, 1.165) is 24.5 Å². The van der Waals surface area contributed by atoms with Crippen LogP contribution in [0.4, 0.5) is 0 Å². The maximum absolute atomic E-state index is 4.26. The predicted molar refractivity (Wildman–Crippen MR) is 68.0 cm³/mol. The molecule has 17 heavy (non-hydrogen) atoms. The van der Waals surface area contributed by atoms with Gasteiger partial charge in [0.2, 0.25) is 0 Å². The molecule has 0 aliphatic heterocycles. The molecule has 0 saturated carbocycles. The third-order valence-electron chi connectivity index (χ3n) is 2.78. The van der Waals surface area contributed by atoms with Crippen molar-refractivity contribution in [2.24, 2.45) is 7.05 Å². The molecule has 0 spiro atoms. The molecule has 92 valence electrons. The Kier molecular flexibility index (Phi) is 3.86. The summed E-state index contributed by atoms with van der Waals surface area (Å²) in [4.78, 5) is 5.57. The second-order valence-electron chi connectivity index (χ2n) is 4.09. The van der Waals surface area contributed by atoms with Gasteiger partial charge in [0.25, 0.3) is 0 Å². The van der Waals surface area contributed by atoms with Gasteiger partial charge in [-0.1, -0.05) is 0 Å². The van der Waals surface area contributed by atoms with Crippen molar-refractivity contribution in [1.82, 2.24) is 25.1 Å². The van der Waals surface area contributed by atoms with Crippen molar-refractivity contribution in [3.63, 3.8) is 0 Å². The summed E-state index contributed by atoms with van der Waals surface area (Å²) in [6, 6.07) is 0.343. The Balaban J connectivity index is 1.83. The highest BCUT2D eigenvalue weighted by Gasteiger charge is 2.10. The number of aromatic nitrogens is 4. The number of aryl methyl sites for hydroxylation is 2. The number of thiazole rings is 1. The van der Waals surface area contributed by atoms with E-state index in [0.29, 0.717) is 6.04 Å². The Morgan fingerprint density at radius 3 is 2.94 bits per heavy atom. The highest BCUT2D eigenvalue weighted by molar-refractivity contribution is 7.09. The van der Waals surface area contributed by atoms with Crippen LogP contribution in [0.3, 0.4) is 0 Å². The lowest BCUT2D eigenvalue weighted by Crippen LogP contribution is -2.22. The zero-order valence-electron chi connectivity index (χ0n) is 10.3. The van der Waals surface area contributed by atoms with E-state index < -0.39 is 0 Å². The Hall–Kier alpha value is -1.27. The lowest BCUT2D eigenvalue weighted by molar-refractivity contribution is 0.568. The van der Waals surface area contributed by atoms with Crippen molar-refractivity contribution in [3.8, 4) is 0 Å². The molecule has 1 unspecified atom stereocenters. The van der Waals surface area contributed by atoms with Crippen LogP contribution < -0.4 is 5.32 Å². The fraction of sp³-hybridized carbons (Fsp3) is 0.545. The van der Waals surface area contributed by atoms with Crippen LogP contribution in [-0.4, -0.2) is 26.3 Å². The molecule has 2 rings (SSSR count). The highest BCUT2D eigenvalue weighted by atomic mass is 32.1. The Bertz CT molecular complexity index is 476. The van der Waals surface area contributed by atoms with Gasteiger partial charge in [0.1, 0.15) is 12.2 Å². The topological polar surface area (TPSA) is 55.6 Å². The van der Waals surface area contributed by atoms with E-state index in [2.05, 4.69) is 27.4 Å². The van der Waals surface area contributed by atoms with Gasteiger partial charge < -0.3 is 9.88 Å². The number of hydrogen-bond acceptors (Lipinski definition) is 5. The first-order chi connectivity index (χ1) is 8.18. The summed E-state index contributed by atoms with van der Waals surface area (Å²) < 4.78 is 1.95. The van der Waals surface area contributed by atoms with Gasteiger partial charge in [0, 0.05) is 30.9 Å². The monoisotopic (exact) mass is 251 g/mol. The van der Waals surface area contributed by atoms with E-state index in [9.17, 15) is 0 Å². The molecule has 0 saturated heterocycles. The molecule has 0 aliphatic rings. The highest BCUT2D eigenvalue weighted by Crippen LogP contribution is 2.20. The number of rotatable bonds is 5. The minimum absolute atomic E-state index is 0.343.